The van der Waals surface area contributed by atoms with E-state index in [2.05, 4.69) is 185 Å². The number of hydrogen-bond acceptors (Lipinski definition) is 5. The van der Waals surface area contributed by atoms with Gasteiger partial charge in [0.15, 0.2) is 6.10 Å². The van der Waals surface area contributed by atoms with Crippen molar-refractivity contribution in [1.29, 1.82) is 0 Å². The van der Waals surface area contributed by atoms with Crippen LogP contribution in [0.3, 0.4) is 0 Å². The van der Waals surface area contributed by atoms with Crippen LogP contribution in [-0.2, 0) is 23.8 Å². The minimum atomic E-state index is -0.650. The Balaban J connectivity index is 4.61. The molecule has 0 spiro atoms. The summed E-state index contributed by atoms with van der Waals surface area (Å²) < 4.78 is 17.1. The molecule has 342 valence electrons. The molecule has 0 rings (SSSR count). The fraction of sp³-hybridized carbons (Fsp3) is 0.474. The molecule has 0 aromatic carbocycles. The number of ether oxygens (including phenoxy) is 3. The fourth-order valence-corrected chi connectivity index (χ4v) is 5.39. The van der Waals surface area contributed by atoms with E-state index in [0.717, 1.165) is 103 Å². The summed E-state index contributed by atoms with van der Waals surface area (Å²) in [4.78, 5) is 25.3. The summed E-state index contributed by atoms with van der Waals surface area (Å²) in [5.74, 6) is -0.620. The van der Waals surface area contributed by atoms with E-state index in [9.17, 15) is 9.59 Å². The predicted molar refractivity (Wildman–Crippen MR) is 269 cm³/mol. The molecule has 0 N–H and O–H groups in total. The van der Waals surface area contributed by atoms with E-state index in [1.807, 2.05) is 6.08 Å². The van der Waals surface area contributed by atoms with Gasteiger partial charge in [-0.1, -0.05) is 191 Å². The zero-order valence-corrected chi connectivity index (χ0v) is 39.0. The minimum absolute atomic E-state index is 0.0160. The largest absolute Gasteiger partial charge is 0.462 e. The number of allylic oxidation sites excluding steroid dienone is 27. The summed E-state index contributed by atoms with van der Waals surface area (Å²) in [6.45, 7) is 7.08. The molecule has 5 nitrogen and oxygen atoms in total. The Kier molecular flexibility index (Phi) is 46.7. The van der Waals surface area contributed by atoms with Crippen LogP contribution < -0.4 is 0 Å². The molecule has 0 fully saturated rings. The van der Waals surface area contributed by atoms with E-state index in [1.165, 1.54) is 0 Å². The molecule has 0 aromatic heterocycles. The molecule has 1 unspecified atom stereocenters. The SMILES string of the molecule is CC/C=C\C/C=C\C/C=C\C/C=C\C/C=C\CCCC(=O)OCC(COCC/C=C\C/C=C\C/C=C\C/C=C\C/C=C\CC)OC(=O)CC/C=C\C/C=C\C/C=C\C/C=C\CC. The molecule has 62 heavy (non-hydrogen) atoms. The maximum atomic E-state index is 12.7. The summed E-state index contributed by atoms with van der Waals surface area (Å²) in [5, 5.41) is 0. The molecule has 0 heterocycles. The molecule has 0 aliphatic carbocycles. The van der Waals surface area contributed by atoms with E-state index < -0.39 is 6.10 Å². The van der Waals surface area contributed by atoms with E-state index >= 15 is 0 Å². The monoisotopic (exact) mass is 849 g/mol. The molecule has 0 aromatic rings. The van der Waals surface area contributed by atoms with Gasteiger partial charge in [-0.25, -0.2) is 0 Å². The summed E-state index contributed by atoms with van der Waals surface area (Å²) in [6, 6.07) is 0. The van der Waals surface area contributed by atoms with Crippen LogP contribution in [0.15, 0.2) is 170 Å². The van der Waals surface area contributed by atoms with Gasteiger partial charge in [0.2, 0.25) is 0 Å². The molecule has 0 aliphatic heterocycles. The van der Waals surface area contributed by atoms with Crippen molar-refractivity contribution in [3.05, 3.63) is 170 Å². The second-order valence-corrected chi connectivity index (χ2v) is 14.5. The third-order valence-corrected chi connectivity index (χ3v) is 8.76. The molecular weight excluding hydrogens is 765 g/mol. The summed E-state index contributed by atoms with van der Waals surface area (Å²) in [7, 11) is 0. The molecule has 0 radical (unpaired) electrons. The molecular formula is C57H84O5. The van der Waals surface area contributed by atoms with Gasteiger partial charge in [-0.15, -0.1) is 0 Å². The first kappa shape index (κ1) is 57.3. The van der Waals surface area contributed by atoms with Crippen molar-refractivity contribution in [1.82, 2.24) is 0 Å². The van der Waals surface area contributed by atoms with Crippen molar-refractivity contribution in [2.24, 2.45) is 0 Å². The lowest BCUT2D eigenvalue weighted by Gasteiger charge is -2.18. The van der Waals surface area contributed by atoms with Gasteiger partial charge < -0.3 is 14.2 Å². The molecule has 0 saturated carbocycles. The second kappa shape index (κ2) is 50.6. The molecule has 0 bridgehead atoms. The van der Waals surface area contributed by atoms with Gasteiger partial charge in [0.05, 0.1) is 13.2 Å². The first-order chi connectivity index (χ1) is 30.6. The molecule has 5 heteroatoms. The Morgan fingerprint density at radius 3 is 1.05 bits per heavy atom. The molecule has 0 aliphatic rings. The van der Waals surface area contributed by atoms with Crippen LogP contribution in [0.1, 0.15) is 149 Å². The number of carbonyl (C=O) groups is 2. The number of unbranched alkanes of at least 4 members (excludes halogenated alkanes) is 1. The van der Waals surface area contributed by atoms with E-state index in [0.29, 0.717) is 25.9 Å². The molecule has 1 atom stereocenters. The highest BCUT2D eigenvalue weighted by Crippen LogP contribution is 2.07. The van der Waals surface area contributed by atoms with Crippen molar-refractivity contribution < 1.29 is 23.8 Å². The van der Waals surface area contributed by atoms with E-state index in [-0.39, 0.29) is 31.6 Å². The van der Waals surface area contributed by atoms with Crippen LogP contribution in [-0.4, -0.2) is 37.9 Å². The third kappa shape index (κ3) is 47.9. The lowest BCUT2D eigenvalue weighted by molar-refractivity contribution is -0.162. The Bertz CT molecular complexity index is 1470. The van der Waals surface area contributed by atoms with Gasteiger partial charge >= 0.3 is 11.9 Å². The highest BCUT2D eigenvalue weighted by atomic mass is 16.6. The molecule has 0 amide bonds. The van der Waals surface area contributed by atoms with Crippen molar-refractivity contribution in [3.8, 4) is 0 Å². The van der Waals surface area contributed by atoms with Crippen LogP contribution in [0.5, 0.6) is 0 Å². The lowest BCUT2D eigenvalue weighted by Crippen LogP contribution is -2.30. The van der Waals surface area contributed by atoms with Crippen molar-refractivity contribution in [3.63, 3.8) is 0 Å². The maximum absolute atomic E-state index is 12.7. The van der Waals surface area contributed by atoms with Gasteiger partial charge in [0, 0.05) is 12.8 Å². The van der Waals surface area contributed by atoms with Crippen molar-refractivity contribution in [2.75, 3.05) is 19.8 Å². The Labute approximate surface area is 379 Å². The fourth-order valence-electron chi connectivity index (χ4n) is 5.39. The first-order valence-electron chi connectivity index (χ1n) is 23.7. The first-order valence-corrected chi connectivity index (χ1v) is 23.7. The average molecular weight is 849 g/mol. The second-order valence-electron chi connectivity index (χ2n) is 14.5. The van der Waals surface area contributed by atoms with Gasteiger partial charge in [0.25, 0.3) is 0 Å². The van der Waals surface area contributed by atoms with Crippen LogP contribution in [0.25, 0.3) is 0 Å². The number of esters is 2. The Morgan fingerprint density at radius 2 is 0.677 bits per heavy atom. The smallest absolute Gasteiger partial charge is 0.306 e. The predicted octanol–water partition coefficient (Wildman–Crippen LogP) is 16.1. The zero-order chi connectivity index (χ0) is 44.9. The number of carbonyl (C=O) groups excluding carboxylic acids is 2. The summed E-state index contributed by atoms with van der Waals surface area (Å²) in [6.07, 6.45) is 76.8. The Hall–Kier alpha value is -4.74. The van der Waals surface area contributed by atoms with E-state index in [1.54, 1.807) is 0 Å². The standard InChI is InChI=1S/C57H84O5/c1-4-7-10-13-16-19-22-25-27-29-30-33-35-38-41-44-47-50-56(58)61-54-55(62-57(59)51-48-45-42-39-36-32-24-21-18-15-12-9-6-3)53-60-52-49-46-43-40-37-34-31-28-26-23-20-17-14-11-8-5-2/h7-12,16-21,25-28,30,32-34,36-38,41-43,45-46,55H,4-6,13-15,22-24,29,31,35,39-40,44,47-54H2,1-3H3/b10-7-,11-8-,12-9-,19-16-,20-17-,21-18-,27-25-,28-26-,33-30-,36-32-,37-34-,41-38-,45-42-,46-43-. The Morgan fingerprint density at radius 1 is 0.355 bits per heavy atom. The highest BCUT2D eigenvalue weighted by molar-refractivity contribution is 5.70. The lowest BCUT2D eigenvalue weighted by atomic mass is 10.2. The van der Waals surface area contributed by atoms with Crippen LogP contribution in [0.4, 0.5) is 0 Å². The van der Waals surface area contributed by atoms with E-state index in [4.69, 9.17) is 14.2 Å². The summed E-state index contributed by atoms with van der Waals surface area (Å²) in [5.41, 5.74) is 0. The van der Waals surface area contributed by atoms with Crippen molar-refractivity contribution >= 4 is 11.9 Å². The zero-order valence-electron chi connectivity index (χ0n) is 39.0. The minimum Gasteiger partial charge on any atom is -0.462 e. The quantitative estimate of drug-likeness (QED) is 0.0349. The number of hydrogen-bond donors (Lipinski definition) is 0. The average Bonchev–Trinajstić information content (AvgIpc) is 3.27. The summed E-state index contributed by atoms with van der Waals surface area (Å²) >= 11 is 0. The van der Waals surface area contributed by atoms with Crippen LogP contribution >= 0.6 is 0 Å². The van der Waals surface area contributed by atoms with Gasteiger partial charge in [0.1, 0.15) is 6.61 Å². The molecule has 0 saturated heterocycles. The van der Waals surface area contributed by atoms with Crippen LogP contribution in [0, 0.1) is 0 Å². The van der Waals surface area contributed by atoms with Crippen LogP contribution in [0.2, 0.25) is 0 Å². The van der Waals surface area contributed by atoms with Crippen molar-refractivity contribution in [2.45, 2.75) is 155 Å². The maximum Gasteiger partial charge on any atom is 0.306 e. The highest BCUT2D eigenvalue weighted by Gasteiger charge is 2.17. The van der Waals surface area contributed by atoms with Gasteiger partial charge in [-0.2, -0.15) is 0 Å². The van der Waals surface area contributed by atoms with Gasteiger partial charge in [-0.05, 0) is 116 Å². The topological polar surface area (TPSA) is 61.8 Å². The van der Waals surface area contributed by atoms with Gasteiger partial charge in [-0.3, -0.25) is 9.59 Å². The normalized spacial score (nSPS) is 13.8. The number of rotatable bonds is 40. The third-order valence-electron chi connectivity index (χ3n) is 8.76.